The standard InChI is InChI=1S/C35H37N3O3S2/c1-35(2,3)41-33(39)37-18-17-29(31(22-37)40-23-24-12-13-25-8-4-5-9-26(25)20-24)27-14-15-28(36-21-27)16-19-38-30-10-6-7-11-32(30)43-34(38)42/h4-15,20-21,29,31H,16-19,22-23H2,1-3H3. The predicted molar refractivity (Wildman–Crippen MR) is 176 cm³/mol. The number of aryl methyl sites for hydroxylation is 2. The predicted octanol–water partition coefficient (Wildman–Crippen LogP) is 8.53. The molecule has 3 aromatic carbocycles. The molecule has 1 aliphatic heterocycles. The van der Waals surface area contributed by atoms with Crippen molar-refractivity contribution in [2.75, 3.05) is 13.1 Å². The summed E-state index contributed by atoms with van der Waals surface area (Å²) in [4.78, 5) is 19.6. The average molecular weight is 612 g/mol. The Kier molecular flexibility index (Phi) is 8.61. The minimum absolute atomic E-state index is 0.120. The largest absolute Gasteiger partial charge is 0.444 e. The average Bonchev–Trinajstić information content (AvgIpc) is 3.32. The topological polar surface area (TPSA) is 56.6 Å². The number of carbonyl (C=O) groups is 1. The summed E-state index contributed by atoms with van der Waals surface area (Å²) in [6.07, 6.45) is 3.09. The van der Waals surface area contributed by atoms with Gasteiger partial charge in [0.2, 0.25) is 0 Å². The Hall–Kier alpha value is -3.59. The Morgan fingerprint density at radius 3 is 2.60 bits per heavy atom. The third kappa shape index (κ3) is 6.98. The number of hydrogen-bond donors (Lipinski definition) is 0. The van der Waals surface area contributed by atoms with Crippen LogP contribution < -0.4 is 0 Å². The maximum absolute atomic E-state index is 13.0. The molecule has 222 valence electrons. The first-order valence-corrected chi connectivity index (χ1v) is 16.1. The number of para-hydroxylation sites is 1. The molecule has 1 saturated heterocycles. The summed E-state index contributed by atoms with van der Waals surface area (Å²) in [6.45, 7) is 8.03. The molecule has 2 unspecified atom stereocenters. The monoisotopic (exact) mass is 611 g/mol. The zero-order valence-electron chi connectivity index (χ0n) is 24.9. The second kappa shape index (κ2) is 12.6. The molecule has 6 rings (SSSR count). The Morgan fingerprint density at radius 2 is 1.81 bits per heavy atom. The van der Waals surface area contributed by atoms with Crippen molar-refractivity contribution >= 4 is 50.6 Å². The minimum atomic E-state index is -0.547. The van der Waals surface area contributed by atoms with Crippen LogP contribution in [0.4, 0.5) is 4.79 Å². The molecular weight excluding hydrogens is 575 g/mol. The van der Waals surface area contributed by atoms with Crippen LogP contribution in [-0.2, 0) is 29.0 Å². The van der Waals surface area contributed by atoms with E-state index in [0.29, 0.717) is 19.7 Å². The highest BCUT2D eigenvalue weighted by atomic mass is 32.1. The van der Waals surface area contributed by atoms with E-state index in [1.54, 1.807) is 16.2 Å². The van der Waals surface area contributed by atoms with E-state index in [1.165, 1.54) is 21.0 Å². The summed E-state index contributed by atoms with van der Waals surface area (Å²) in [5, 5.41) is 2.40. The molecule has 1 aliphatic rings. The fourth-order valence-corrected chi connectivity index (χ4v) is 7.12. The number of aromatic nitrogens is 2. The summed E-state index contributed by atoms with van der Waals surface area (Å²) in [5.74, 6) is 0.120. The van der Waals surface area contributed by atoms with Crippen LogP contribution in [0.3, 0.4) is 0 Å². The Bertz CT molecular complexity index is 1790. The number of nitrogens with zero attached hydrogens (tertiary/aromatic N) is 3. The Labute approximate surface area is 261 Å². The smallest absolute Gasteiger partial charge is 0.410 e. The summed E-state index contributed by atoms with van der Waals surface area (Å²) in [7, 11) is 0. The van der Waals surface area contributed by atoms with Crippen molar-refractivity contribution in [3.05, 3.63) is 106 Å². The molecule has 0 saturated carbocycles. The quantitative estimate of drug-likeness (QED) is 0.173. The first-order valence-electron chi connectivity index (χ1n) is 14.8. The number of fused-ring (bicyclic) bond motifs is 2. The number of carbonyl (C=O) groups excluding carboxylic acids is 1. The van der Waals surface area contributed by atoms with Gasteiger partial charge in [0.25, 0.3) is 0 Å². The van der Waals surface area contributed by atoms with Gasteiger partial charge in [-0.1, -0.05) is 54.6 Å². The van der Waals surface area contributed by atoms with Gasteiger partial charge >= 0.3 is 6.09 Å². The maximum Gasteiger partial charge on any atom is 0.410 e. The lowest BCUT2D eigenvalue weighted by molar-refractivity contribution is -0.0360. The number of likely N-dealkylation sites (tertiary alicyclic amines) is 1. The van der Waals surface area contributed by atoms with Crippen molar-refractivity contribution in [1.82, 2.24) is 14.5 Å². The van der Waals surface area contributed by atoms with E-state index < -0.39 is 5.60 Å². The van der Waals surface area contributed by atoms with Gasteiger partial charge in [-0.2, -0.15) is 0 Å². The van der Waals surface area contributed by atoms with E-state index in [1.807, 2.05) is 27.0 Å². The molecule has 2 atom stereocenters. The zero-order chi connectivity index (χ0) is 30.0. The number of piperidine rings is 1. The first kappa shape index (κ1) is 29.5. The van der Waals surface area contributed by atoms with Crippen LogP contribution in [0.2, 0.25) is 0 Å². The van der Waals surface area contributed by atoms with Gasteiger partial charge in [-0.25, -0.2) is 4.79 Å². The Morgan fingerprint density at radius 1 is 1.02 bits per heavy atom. The number of amides is 1. The van der Waals surface area contributed by atoms with Gasteiger partial charge in [-0.05, 0) is 85.6 Å². The maximum atomic E-state index is 13.0. The summed E-state index contributed by atoms with van der Waals surface area (Å²) >= 11 is 7.29. The number of thiazole rings is 1. The molecule has 0 N–H and O–H groups in total. The normalized spacial score (nSPS) is 17.4. The molecule has 8 heteroatoms. The third-order valence-corrected chi connectivity index (χ3v) is 9.36. The second-order valence-corrected chi connectivity index (χ2v) is 13.8. The molecule has 0 bridgehead atoms. The van der Waals surface area contributed by atoms with E-state index in [9.17, 15) is 4.79 Å². The summed E-state index contributed by atoms with van der Waals surface area (Å²) in [6, 6.07) is 27.4. The van der Waals surface area contributed by atoms with Crippen molar-refractivity contribution in [3.63, 3.8) is 0 Å². The Balaban J connectivity index is 1.17. The van der Waals surface area contributed by atoms with Crippen LogP contribution in [0.15, 0.2) is 85.1 Å². The van der Waals surface area contributed by atoms with Gasteiger partial charge in [0, 0.05) is 37.3 Å². The number of pyridine rings is 1. The van der Waals surface area contributed by atoms with Crippen molar-refractivity contribution in [3.8, 4) is 0 Å². The van der Waals surface area contributed by atoms with Gasteiger partial charge in [0.05, 0.1) is 29.5 Å². The highest BCUT2D eigenvalue weighted by Gasteiger charge is 2.35. The van der Waals surface area contributed by atoms with E-state index in [2.05, 4.69) is 83.4 Å². The van der Waals surface area contributed by atoms with Gasteiger partial charge in [0.15, 0.2) is 3.95 Å². The second-order valence-electron chi connectivity index (χ2n) is 12.2. The van der Waals surface area contributed by atoms with E-state index in [0.717, 1.165) is 40.2 Å². The van der Waals surface area contributed by atoms with E-state index in [4.69, 9.17) is 26.7 Å². The molecule has 2 aromatic heterocycles. The van der Waals surface area contributed by atoms with Crippen LogP contribution in [0.5, 0.6) is 0 Å². The van der Waals surface area contributed by atoms with Gasteiger partial charge in [-0.3, -0.25) is 4.98 Å². The third-order valence-electron chi connectivity index (χ3n) is 7.93. The molecule has 6 nitrogen and oxygen atoms in total. The van der Waals surface area contributed by atoms with E-state index in [-0.39, 0.29) is 18.1 Å². The van der Waals surface area contributed by atoms with Crippen LogP contribution in [0, 0.1) is 3.95 Å². The molecular formula is C35H37N3O3S2. The lowest BCUT2D eigenvalue weighted by atomic mass is 9.87. The highest BCUT2D eigenvalue weighted by Crippen LogP contribution is 2.32. The molecule has 5 aromatic rings. The SMILES string of the molecule is CC(C)(C)OC(=O)N1CCC(c2ccc(CCn3c(=S)sc4ccccc43)nc2)C(OCc2ccc3ccccc3c2)C1. The lowest BCUT2D eigenvalue weighted by Crippen LogP contribution is -2.48. The molecule has 3 heterocycles. The number of rotatable bonds is 7. The van der Waals surface area contributed by atoms with Crippen LogP contribution in [0.25, 0.3) is 21.0 Å². The van der Waals surface area contributed by atoms with Gasteiger partial charge in [0.1, 0.15) is 5.60 Å². The summed E-state index contributed by atoms with van der Waals surface area (Å²) in [5.41, 5.74) is 3.90. The fraction of sp³-hybridized carbons (Fsp3) is 0.343. The number of hydrogen-bond acceptors (Lipinski definition) is 6. The van der Waals surface area contributed by atoms with Crippen LogP contribution in [0.1, 0.15) is 49.9 Å². The van der Waals surface area contributed by atoms with Crippen molar-refractivity contribution in [2.45, 2.75) is 64.4 Å². The van der Waals surface area contributed by atoms with Crippen LogP contribution >= 0.6 is 23.6 Å². The number of benzene rings is 3. The van der Waals surface area contributed by atoms with Crippen molar-refractivity contribution in [2.24, 2.45) is 0 Å². The van der Waals surface area contributed by atoms with Crippen LogP contribution in [-0.4, -0.2) is 45.3 Å². The lowest BCUT2D eigenvalue weighted by Gasteiger charge is -2.39. The molecule has 0 spiro atoms. The highest BCUT2D eigenvalue weighted by molar-refractivity contribution is 7.73. The molecule has 1 amide bonds. The van der Waals surface area contributed by atoms with Gasteiger partial charge in [-0.15, -0.1) is 11.3 Å². The first-order chi connectivity index (χ1) is 20.7. The van der Waals surface area contributed by atoms with Crippen molar-refractivity contribution < 1.29 is 14.3 Å². The molecule has 0 radical (unpaired) electrons. The molecule has 43 heavy (non-hydrogen) atoms. The fourth-order valence-electron chi connectivity index (χ4n) is 5.75. The minimum Gasteiger partial charge on any atom is -0.444 e. The molecule has 1 fully saturated rings. The van der Waals surface area contributed by atoms with Gasteiger partial charge < -0.3 is 18.9 Å². The summed E-state index contributed by atoms with van der Waals surface area (Å²) < 4.78 is 16.6. The van der Waals surface area contributed by atoms with Crippen molar-refractivity contribution in [1.29, 1.82) is 0 Å². The zero-order valence-corrected chi connectivity index (χ0v) is 26.5. The molecule has 0 aliphatic carbocycles. The number of ether oxygens (including phenoxy) is 2. The van der Waals surface area contributed by atoms with E-state index >= 15 is 0 Å².